The van der Waals surface area contributed by atoms with Gasteiger partial charge in [0.15, 0.2) is 0 Å². The molecule has 14 aromatic rings. The normalized spacial score (nSPS) is 10.8. The molecule has 14 rings (SSSR count). The van der Waals surface area contributed by atoms with Crippen LogP contribution in [0.2, 0.25) is 15.1 Å². The molecule has 9 aromatic carbocycles. The number of aryl methyl sites for hydroxylation is 4. The smallest absolute Gasteiger partial charge is 0.224 e. The number of anilines is 12. The lowest BCUT2D eigenvalue weighted by atomic mass is 10.0. The molecule has 5 heterocycles. The largest absolute Gasteiger partial charge is 0.495 e. The van der Waals surface area contributed by atoms with E-state index in [1.165, 1.54) is 6.20 Å². The highest BCUT2D eigenvalue weighted by Crippen LogP contribution is 2.41. The van der Waals surface area contributed by atoms with Crippen LogP contribution in [0.4, 0.5) is 68.2 Å². The van der Waals surface area contributed by atoms with Gasteiger partial charge in [0.1, 0.15) is 54.7 Å². The minimum atomic E-state index is -0.0499. The molecular formula is C106H110Cl3N21O7. The number of nitrogens with one attached hydrogen (secondary N) is 8. The Labute approximate surface area is 813 Å². The number of nitrogens with zero attached hydrogens (tertiary/aromatic N) is 13. The molecule has 0 aliphatic heterocycles. The standard InChI is InChI=1S/C30H30ClN5O2.C29H30N6O2.C24H26ClN5O2.C23H24ClN5O/c1-20-14-27-24(16-26(20)35-29(37)10-7-13-36(2)3)30(22(17-32)18-33-27)34-23-11-12-28(25(31)15-23)38-19-21-8-5-4-6-9-21;1-20-15-27-25(16-26(20)34-28(36)8-6-14-35(2)3)29(21(17-30)18-32-27)33-22-9-11-24(12-10-22)37-19-23-7-4-5-13-31-23;1-15-10-21-18(12-20(15)29-23(31)6-5-9-30(2)3)24(16(13-26)14-27-21)28-17-7-8-22(32-4)19(25)11-17;1-15-10-21-19(12-20(15)28-22(30)8-5-9-29(2)3)23(16(13-25)14-26-21)27-18-7-4-6-17(24)11-18/h4-6,8-9,11-12,14-16,18H,7,10,13,19H2,1-3H3,(H,33,34)(H,35,37);4-5,7,9-13,15-16,18H,6,8,14,19H2,1-3H3,(H,32,33)(H,34,36);7-8,10-12,14H,5-6,9H2,1-4H3,(H,27,28)(H,29,31);4,6-7,10-12,14H,5,8-9H2,1-3H3,(H,26,27)(H,28,30). The summed E-state index contributed by atoms with van der Waals surface area (Å²) in [7, 11) is 17.4. The maximum absolute atomic E-state index is 12.6. The summed E-state index contributed by atoms with van der Waals surface area (Å²) in [6.07, 6.45) is 12.8. The van der Waals surface area contributed by atoms with Gasteiger partial charge in [0.2, 0.25) is 23.6 Å². The zero-order chi connectivity index (χ0) is 98.2. The summed E-state index contributed by atoms with van der Waals surface area (Å²) in [5, 5.41) is 68.6. The van der Waals surface area contributed by atoms with Gasteiger partial charge in [-0.1, -0.05) is 77.3 Å². The van der Waals surface area contributed by atoms with Crippen molar-refractivity contribution in [1.29, 1.82) is 21.0 Å². The highest BCUT2D eigenvalue weighted by Gasteiger charge is 2.22. The summed E-state index contributed by atoms with van der Waals surface area (Å²) < 4.78 is 16.9. The van der Waals surface area contributed by atoms with E-state index in [0.717, 1.165) is 129 Å². The number of benzene rings is 9. The molecule has 4 amide bonds. The van der Waals surface area contributed by atoms with E-state index in [0.29, 0.717) is 161 Å². The quantitative estimate of drug-likeness (QED) is 0.0183. The maximum atomic E-state index is 12.6. The highest BCUT2D eigenvalue weighted by molar-refractivity contribution is 6.33. The fourth-order valence-electron chi connectivity index (χ4n) is 14.5. The Morgan fingerprint density at radius 2 is 0.701 bits per heavy atom. The second-order valence-corrected chi connectivity index (χ2v) is 34.9. The molecule has 0 atom stereocenters. The van der Waals surface area contributed by atoms with Crippen LogP contribution >= 0.6 is 34.8 Å². The Kier molecular flexibility index (Phi) is 37.6. The highest BCUT2D eigenvalue weighted by atomic mass is 35.5. The summed E-state index contributed by atoms with van der Waals surface area (Å²) in [6.45, 7) is 11.9. The van der Waals surface area contributed by atoms with Gasteiger partial charge < -0.3 is 76.3 Å². The second kappa shape index (κ2) is 50.3. The molecular weight excluding hydrogens is 1790 g/mol. The molecule has 0 saturated heterocycles. The number of rotatable bonds is 35. The van der Waals surface area contributed by atoms with Crippen LogP contribution in [0.15, 0.2) is 213 Å². The molecule has 137 heavy (non-hydrogen) atoms. The lowest BCUT2D eigenvalue weighted by Gasteiger charge is -2.16. The molecule has 0 spiro atoms. The van der Waals surface area contributed by atoms with Gasteiger partial charge in [-0.05, 0) is 303 Å². The minimum Gasteiger partial charge on any atom is -0.495 e. The monoisotopic (exact) mass is 1890 g/mol. The van der Waals surface area contributed by atoms with Crippen LogP contribution in [0.25, 0.3) is 43.6 Å². The predicted molar refractivity (Wildman–Crippen MR) is 550 cm³/mol. The van der Waals surface area contributed by atoms with Crippen molar-refractivity contribution >= 4 is 170 Å². The van der Waals surface area contributed by atoms with Crippen molar-refractivity contribution < 1.29 is 33.4 Å². The molecule has 0 aliphatic carbocycles. The molecule has 28 nitrogen and oxygen atoms in total. The fourth-order valence-corrected chi connectivity index (χ4v) is 15.1. The lowest BCUT2D eigenvalue weighted by Crippen LogP contribution is -2.17. The van der Waals surface area contributed by atoms with Crippen molar-refractivity contribution in [3.63, 3.8) is 0 Å². The van der Waals surface area contributed by atoms with Crippen LogP contribution in [0.3, 0.4) is 0 Å². The number of halogens is 3. The topological polar surface area (TPSA) is 365 Å². The van der Waals surface area contributed by atoms with Gasteiger partial charge in [-0.15, -0.1) is 0 Å². The molecule has 0 unspecified atom stereocenters. The Morgan fingerprint density at radius 1 is 0.358 bits per heavy atom. The number of amides is 4. The Morgan fingerprint density at radius 3 is 1.03 bits per heavy atom. The van der Waals surface area contributed by atoms with Gasteiger partial charge in [0.25, 0.3) is 0 Å². The van der Waals surface area contributed by atoms with Crippen LogP contribution in [-0.2, 0) is 32.4 Å². The van der Waals surface area contributed by atoms with E-state index in [9.17, 15) is 40.2 Å². The first-order valence-electron chi connectivity index (χ1n) is 44.3. The molecule has 0 radical (unpaired) electrons. The summed E-state index contributed by atoms with van der Waals surface area (Å²) in [5.74, 6) is 1.67. The zero-order valence-corrected chi connectivity index (χ0v) is 81.2. The van der Waals surface area contributed by atoms with Crippen LogP contribution in [0.5, 0.6) is 17.2 Å². The first-order valence-corrected chi connectivity index (χ1v) is 45.5. The van der Waals surface area contributed by atoms with Crippen molar-refractivity contribution in [3.8, 4) is 41.5 Å². The molecule has 0 fully saturated rings. The Bertz CT molecular complexity index is 6820. The number of methoxy groups -OCH3 is 1. The minimum absolute atomic E-state index is 0.0342. The van der Waals surface area contributed by atoms with Crippen molar-refractivity contribution in [2.24, 2.45) is 0 Å². The van der Waals surface area contributed by atoms with Crippen molar-refractivity contribution in [1.82, 2.24) is 44.5 Å². The van der Waals surface area contributed by atoms with Crippen LogP contribution in [-0.4, -0.2) is 158 Å². The van der Waals surface area contributed by atoms with E-state index in [2.05, 4.69) is 106 Å². The average Bonchev–Trinajstić information content (AvgIpc) is 0.792. The maximum Gasteiger partial charge on any atom is 0.224 e. The van der Waals surface area contributed by atoms with Gasteiger partial charge in [-0.25, -0.2) is 0 Å². The van der Waals surface area contributed by atoms with Gasteiger partial charge in [-0.2, -0.15) is 21.0 Å². The van der Waals surface area contributed by atoms with E-state index >= 15 is 0 Å². The third kappa shape index (κ3) is 30.0. The van der Waals surface area contributed by atoms with Crippen LogP contribution in [0, 0.1) is 73.0 Å². The van der Waals surface area contributed by atoms with Crippen molar-refractivity contribution in [2.75, 3.05) is 132 Å². The third-order valence-electron chi connectivity index (χ3n) is 21.7. The fraction of sp³-hybridized carbons (Fsp3) is 0.255. The SMILES string of the molecule is COc1ccc(Nc2c(C#N)cnc3cc(C)c(NC(=O)CCCN(C)C)cc23)cc1Cl.Cc1cc2ncc(C#N)c(Nc3ccc(OCc4ccccc4)c(Cl)c3)c2cc1NC(=O)CCCN(C)C.Cc1cc2ncc(C#N)c(Nc3ccc(OCc4ccccn4)cc3)c2cc1NC(=O)CCCN(C)C.Cc1cc2ncc(C#N)c(Nc3cccc(Cl)c3)c2cc1NC(=O)CCCN(C)C. The zero-order valence-electron chi connectivity index (χ0n) is 78.9. The Hall–Kier alpha value is -15.1. The first kappa shape index (κ1) is 102. The van der Waals surface area contributed by atoms with E-state index in [4.69, 9.17) is 49.0 Å². The summed E-state index contributed by atoms with van der Waals surface area (Å²) >= 11 is 18.9. The molecule has 5 aromatic heterocycles. The molecule has 8 N–H and O–H groups in total. The molecule has 702 valence electrons. The molecule has 0 bridgehead atoms. The van der Waals surface area contributed by atoms with Crippen LogP contribution < -0.4 is 56.7 Å². The molecule has 31 heteroatoms. The Balaban J connectivity index is 0.000000176. The number of pyridine rings is 5. The number of aromatic nitrogens is 5. The first-order chi connectivity index (χ1) is 65.9. The van der Waals surface area contributed by atoms with Gasteiger partial charge in [-0.3, -0.25) is 44.1 Å². The molecule has 0 saturated carbocycles. The average molecular weight is 1900 g/mol. The van der Waals surface area contributed by atoms with E-state index in [-0.39, 0.29) is 23.6 Å². The van der Waals surface area contributed by atoms with Crippen molar-refractivity contribution in [2.45, 2.75) is 92.3 Å². The van der Waals surface area contributed by atoms with Gasteiger partial charge in [0.05, 0.1) is 89.9 Å². The third-order valence-corrected chi connectivity index (χ3v) is 22.5. The van der Waals surface area contributed by atoms with E-state index in [1.54, 1.807) is 68.3 Å². The van der Waals surface area contributed by atoms with Crippen LogP contribution in [0.1, 0.15) is 107 Å². The number of nitriles is 4. The summed E-state index contributed by atoms with van der Waals surface area (Å²) in [4.78, 5) is 80.2. The van der Waals surface area contributed by atoms with Gasteiger partial charge in [0, 0.05) is 129 Å². The molecule has 0 aliphatic rings. The summed E-state index contributed by atoms with van der Waals surface area (Å²) in [5.41, 5.74) is 18.2. The lowest BCUT2D eigenvalue weighted by molar-refractivity contribution is -0.117. The number of hydrogen-bond donors (Lipinski definition) is 8. The van der Waals surface area contributed by atoms with E-state index in [1.807, 2.05) is 235 Å². The number of carbonyl (C=O) groups excluding carboxylic acids is 4. The number of ether oxygens (including phenoxy) is 3. The van der Waals surface area contributed by atoms with Crippen molar-refractivity contribution in [3.05, 3.63) is 284 Å². The number of hydrogen-bond acceptors (Lipinski definition) is 24. The second-order valence-electron chi connectivity index (χ2n) is 33.6. The number of fused-ring (bicyclic) bond motifs is 4. The van der Waals surface area contributed by atoms with E-state index < -0.39 is 0 Å². The summed E-state index contributed by atoms with van der Waals surface area (Å²) in [6, 6.07) is 65.0. The number of carbonyl (C=O) groups is 4. The predicted octanol–water partition coefficient (Wildman–Crippen LogP) is 22.3. The van der Waals surface area contributed by atoms with Gasteiger partial charge >= 0.3 is 0 Å².